The number of carbonyl (C=O) groups is 1. The molecular weight excluding hydrogens is 526 g/mol. The molecule has 10 heteroatoms. The molecule has 1 aliphatic carbocycles. The Balaban J connectivity index is 0.000000304. The molecule has 38 heavy (non-hydrogen) atoms. The maximum absolute atomic E-state index is 12.5. The third-order valence-electron chi connectivity index (χ3n) is 7.41. The summed E-state index contributed by atoms with van der Waals surface area (Å²) in [7, 11) is -3.97. The van der Waals surface area contributed by atoms with Crippen LogP contribution < -0.4 is 10.0 Å². The molecule has 0 atom stereocenters. The number of hydrogen-bond acceptors (Lipinski definition) is 5. The molecule has 1 heterocycles. The highest BCUT2D eigenvalue weighted by Gasteiger charge is 2.33. The van der Waals surface area contributed by atoms with Gasteiger partial charge < -0.3 is 15.3 Å². The van der Waals surface area contributed by atoms with Gasteiger partial charge in [0.15, 0.2) is 0 Å². The number of rotatable bonds is 7. The van der Waals surface area contributed by atoms with Gasteiger partial charge in [-0.3, -0.25) is 9.35 Å². The standard InChI is InChI=1S/C22H27ClN2O2.C6H13NO3S/c1-16-4-3-5-17(2)20(16)21(26)24-12-15-25-13-10-22(27,11-14-25)18-6-8-19(23)9-7-18;8-11(9,10)7-6-4-2-1-3-5-6/h3-9,27H,10-15H2,1-2H3,(H,24,26);6-7H,1-5H2,(H,8,9,10). The Hall–Kier alpha value is -2.01. The summed E-state index contributed by atoms with van der Waals surface area (Å²) >= 11 is 5.94. The van der Waals surface area contributed by atoms with Gasteiger partial charge in [0.05, 0.1) is 5.60 Å². The first-order chi connectivity index (χ1) is 18.0. The third kappa shape index (κ3) is 9.32. The Kier molecular flexibility index (Phi) is 11.1. The number of hydrogen-bond donors (Lipinski definition) is 4. The largest absolute Gasteiger partial charge is 0.385 e. The van der Waals surface area contributed by atoms with Crippen molar-refractivity contribution in [3.63, 3.8) is 0 Å². The van der Waals surface area contributed by atoms with Crippen LogP contribution in [0.25, 0.3) is 0 Å². The van der Waals surface area contributed by atoms with E-state index in [4.69, 9.17) is 16.2 Å². The third-order valence-corrected chi connectivity index (χ3v) is 8.29. The molecule has 0 unspecified atom stereocenters. The smallest absolute Gasteiger partial charge is 0.333 e. The van der Waals surface area contributed by atoms with Crippen LogP contribution in [0.5, 0.6) is 0 Å². The van der Waals surface area contributed by atoms with Gasteiger partial charge in [-0.1, -0.05) is 61.2 Å². The Bertz CT molecular complexity index is 1140. The molecular formula is C28H40ClN3O5S. The summed E-state index contributed by atoms with van der Waals surface area (Å²) in [6, 6.07) is 13.3. The van der Waals surface area contributed by atoms with Crippen molar-refractivity contribution >= 4 is 27.8 Å². The molecule has 2 aromatic carbocycles. The molecule has 210 valence electrons. The highest BCUT2D eigenvalue weighted by Crippen LogP contribution is 2.33. The van der Waals surface area contributed by atoms with Gasteiger partial charge in [0.25, 0.3) is 5.91 Å². The van der Waals surface area contributed by atoms with Crippen molar-refractivity contribution < 1.29 is 22.9 Å². The second-order valence-corrected chi connectivity index (χ2v) is 12.0. The summed E-state index contributed by atoms with van der Waals surface area (Å²) in [5.74, 6) is -0.0136. The molecule has 1 saturated carbocycles. The minimum Gasteiger partial charge on any atom is -0.385 e. The number of aliphatic hydroxyl groups is 1. The zero-order valence-electron chi connectivity index (χ0n) is 22.2. The Morgan fingerprint density at radius 1 is 1.03 bits per heavy atom. The molecule has 2 fully saturated rings. The first kappa shape index (κ1) is 30.5. The van der Waals surface area contributed by atoms with E-state index in [-0.39, 0.29) is 11.9 Å². The van der Waals surface area contributed by atoms with Crippen molar-refractivity contribution in [3.8, 4) is 0 Å². The van der Waals surface area contributed by atoms with Crippen LogP contribution >= 0.6 is 11.6 Å². The van der Waals surface area contributed by atoms with Crippen LogP contribution in [0, 0.1) is 13.8 Å². The fourth-order valence-electron chi connectivity index (χ4n) is 5.21. The van der Waals surface area contributed by atoms with Crippen molar-refractivity contribution in [3.05, 3.63) is 69.7 Å². The van der Waals surface area contributed by atoms with E-state index in [1.807, 2.05) is 56.3 Å². The van der Waals surface area contributed by atoms with Gasteiger partial charge in [-0.15, -0.1) is 0 Å². The van der Waals surface area contributed by atoms with Gasteiger partial charge >= 0.3 is 10.3 Å². The van der Waals surface area contributed by atoms with Crippen molar-refractivity contribution in [1.82, 2.24) is 14.9 Å². The van der Waals surface area contributed by atoms with Gasteiger partial charge in [0.1, 0.15) is 0 Å². The second kappa shape index (κ2) is 13.9. The molecule has 0 bridgehead atoms. The highest BCUT2D eigenvalue weighted by molar-refractivity contribution is 7.83. The normalized spacial score (nSPS) is 18.3. The highest BCUT2D eigenvalue weighted by atomic mass is 35.5. The van der Waals surface area contributed by atoms with Gasteiger partial charge in [0, 0.05) is 42.8 Å². The molecule has 0 aromatic heterocycles. The molecule has 0 radical (unpaired) electrons. The summed E-state index contributed by atoms with van der Waals surface area (Å²) < 4.78 is 31.3. The molecule has 0 spiro atoms. The molecule has 4 N–H and O–H groups in total. The first-order valence-corrected chi connectivity index (χ1v) is 15.1. The maximum Gasteiger partial charge on any atom is 0.333 e. The first-order valence-electron chi connectivity index (χ1n) is 13.3. The molecule has 1 saturated heterocycles. The summed E-state index contributed by atoms with van der Waals surface area (Å²) in [4.78, 5) is 14.8. The lowest BCUT2D eigenvalue weighted by atomic mass is 9.84. The number of aryl methyl sites for hydroxylation is 2. The van der Waals surface area contributed by atoms with Crippen LogP contribution in [0.15, 0.2) is 42.5 Å². The molecule has 1 amide bonds. The van der Waals surface area contributed by atoms with E-state index in [1.54, 1.807) is 0 Å². The summed E-state index contributed by atoms with van der Waals surface area (Å²) in [5.41, 5.74) is 2.91. The van der Waals surface area contributed by atoms with Crippen molar-refractivity contribution in [1.29, 1.82) is 0 Å². The minimum atomic E-state index is -3.97. The minimum absolute atomic E-state index is 0.0136. The SMILES string of the molecule is Cc1cccc(C)c1C(=O)NCCN1CCC(O)(c2ccc(Cl)cc2)CC1.O=S(=O)(O)NC1CCCCC1. The van der Waals surface area contributed by atoms with Gasteiger partial charge in [-0.05, 0) is 68.4 Å². The predicted molar refractivity (Wildman–Crippen MR) is 151 cm³/mol. The fraction of sp³-hybridized carbons (Fsp3) is 0.536. The Morgan fingerprint density at radius 3 is 2.16 bits per heavy atom. The number of carbonyl (C=O) groups excluding carboxylic acids is 1. The fourth-order valence-corrected chi connectivity index (χ4v) is 6.00. The van der Waals surface area contributed by atoms with E-state index in [0.717, 1.165) is 67.6 Å². The number of nitrogens with zero attached hydrogens (tertiary/aromatic N) is 1. The van der Waals surface area contributed by atoms with Crippen LogP contribution in [0.3, 0.4) is 0 Å². The van der Waals surface area contributed by atoms with E-state index < -0.39 is 15.9 Å². The topological polar surface area (TPSA) is 119 Å². The Morgan fingerprint density at radius 2 is 1.61 bits per heavy atom. The maximum atomic E-state index is 12.5. The number of piperidine rings is 1. The zero-order valence-corrected chi connectivity index (χ0v) is 23.8. The van der Waals surface area contributed by atoms with Gasteiger partial charge in [-0.2, -0.15) is 13.1 Å². The monoisotopic (exact) mass is 565 g/mol. The Labute approximate surface area is 231 Å². The quantitative estimate of drug-likeness (QED) is 0.370. The number of halogens is 1. The van der Waals surface area contributed by atoms with Crippen molar-refractivity contribution in [2.75, 3.05) is 26.2 Å². The van der Waals surface area contributed by atoms with E-state index in [2.05, 4.69) is 14.9 Å². The van der Waals surface area contributed by atoms with Crippen molar-refractivity contribution in [2.24, 2.45) is 0 Å². The molecule has 2 aromatic rings. The number of benzene rings is 2. The zero-order chi connectivity index (χ0) is 27.8. The number of amides is 1. The van der Waals surface area contributed by atoms with E-state index in [0.29, 0.717) is 24.4 Å². The summed E-state index contributed by atoms with van der Waals surface area (Å²) in [5, 5.41) is 14.6. The molecule has 4 rings (SSSR count). The summed E-state index contributed by atoms with van der Waals surface area (Å²) in [6.45, 7) is 6.92. The van der Waals surface area contributed by atoms with E-state index in [9.17, 15) is 18.3 Å². The van der Waals surface area contributed by atoms with Crippen molar-refractivity contribution in [2.45, 2.75) is 70.4 Å². The average Bonchev–Trinajstić information content (AvgIpc) is 2.86. The lowest BCUT2D eigenvalue weighted by molar-refractivity contribution is -0.0255. The predicted octanol–water partition coefficient (Wildman–Crippen LogP) is 4.38. The molecule has 1 aliphatic heterocycles. The molecule has 2 aliphatic rings. The average molecular weight is 566 g/mol. The van der Waals surface area contributed by atoms with E-state index in [1.165, 1.54) is 6.42 Å². The van der Waals surface area contributed by atoms with Crippen LogP contribution in [-0.2, 0) is 15.9 Å². The molecule has 8 nitrogen and oxygen atoms in total. The second-order valence-electron chi connectivity index (χ2n) is 10.3. The van der Waals surface area contributed by atoms with Gasteiger partial charge in [-0.25, -0.2) is 0 Å². The van der Waals surface area contributed by atoms with Crippen LogP contribution in [-0.4, -0.2) is 61.1 Å². The van der Waals surface area contributed by atoms with Crippen LogP contribution in [0.2, 0.25) is 5.02 Å². The van der Waals surface area contributed by atoms with Gasteiger partial charge in [0.2, 0.25) is 0 Å². The summed E-state index contributed by atoms with van der Waals surface area (Å²) in [6.07, 6.45) is 6.32. The van der Waals surface area contributed by atoms with Crippen LogP contribution in [0.1, 0.15) is 72.0 Å². The lowest BCUT2D eigenvalue weighted by Crippen LogP contribution is -2.45. The van der Waals surface area contributed by atoms with Crippen LogP contribution in [0.4, 0.5) is 0 Å². The number of nitrogens with one attached hydrogen (secondary N) is 2. The lowest BCUT2D eigenvalue weighted by Gasteiger charge is -2.38. The number of likely N-dealkylation sites (tertiary alicyclic amines) is 1. The van der Waals surface area contributed by atoms with E-state index >= 15 is 0 Å².